The highest BCUT2D eigenvalue weighted by molar-refractivity contribution is 5.53. The lowest BCUT2D eigenvalue weighted by atomic mass is 10.1. The summed E-state index contributed by atoms with van der Waals surface area (Å²) in [6.07, 6.45) is 8.68. The first-order valence-corrected chi connectivity index (χ1v) is 10.2. The second-order valence-electron chi connectivity index (χ2n) is 7.76. The molecule has 0 amide bonds. The van der Waals surface area contributed by atoms with Crippen molar-refractivity contribution in [2.75, 3.05) is 24.5 Å². The maximum Gasteiger partial charge on any atom is 0.255 e. The Kier molecular flexibility index (Phi) is 4.81. The van der Waals surface area contributed by atoms with Crippen LogP contribution in [0.1, 0.15) is 29.7 Å². The van der Waals surface area contributed by atoms with Gasteiger partial charge in [-0.05, 0) is 36.6 Å². The first-order valence-electron chi connectivity index (χ1n) is 10.2. The normalized spacial score (nSPS) is 16.8. The number of pyridine rings is 2. The van der Waals surface area contributed by atoms with Crippen molar-refractivity contribution in [2.24, 2.45) is 0 Å². The van der Waals surface area contributed by atoms with Crippen LogP contribution in [0.25, 0.3) is 11.4 Å². The number of hydrogen-bond donors (Lipinski definition) is 1. The predicted octanol–water partition coefficient (Wildman–Crippen LogP) is 2.39. The van der Waals surface area contributed by atoms with Crippen LogP contribution in [0.4, 0.5) is 5.82 Å². The Morgan fingerprint density at radius 2 is 1.97 bits per heavy atom. The highest BCUT2D eigenvalue weighted by atomic mass is 16.1. The summed E-state index contributed by atoms with van der Waals surface area (Å²) in [6.45, 7) is 4.48. The monoisotopic (exact) mass is 388 g/mol. The van der Waals surface area contributed by atoms with Crippen LogP contribution in [-0.2, 0) is 19.5 Å². The predicted molar refractivity (Wildman–Crippen MR) is 112 cm³/mol. The van der Waals surface area contributed by atoms with E-state index in [2.05, 4.69) is 36.9 Å². The third-order valence-electron chi connectivity index (χ3n) is 5.73. The van der Waals surface area contributed by atoms with Crippen LogP contribution in [-0.4, -0.2) is 44.5 Å². The van der Waals surface area contributed by atoms with Crippen LogP contribution in [0.15, 0.2) is 47.7 Å². The van der Waals surface area contributed by atoms with E-state index in [4.69, 9.17) is 4.98 Å². The van der Waals surface area contributed by atoms with E-state index in [1.54, 1.807) is 12.4 Å². The summed E-state index contributed by atoms with van der Waals surface area (Å²) in [5, 5.41) is 0. The molecule has 7 heteroatoms. The van der Waals surface area contributed by atoms with Gasteiger partial charge in [0.2, 0.25) is 0 Å². The maximum absolute atomic E-state index is 12.7. The zero-order valence-electron chi connectivity index (χ0n) is 16.3. The lowest BCUT2D eigenvalue weighted by Crippen LogP contribution is -2.35. The van der Waals surface area contributed by atoms with Crippen molar-refractivity contribution in [3.63, 3.8) is 0 Å². The molecule has 7 nitrogen and oxygen atoms in total. The Hall–Kier alpha value is -3.06. The molecule has 148 valence electrons. The van der Waals surface area contributed by atoms with Crippen LogP contribution < -0.4 is 10.5 Å². The van der Waals surface area contributed by atoms with Gasteiger partial charge in [0.15, 0.2) is 0 Å². The Labute approximate surface area is 169 Å². The van der Waals surface area contributed by atoms with Gasteiger partial charge in [0.05, 0.1) is 11.3 Å². The van der Waals surface area contributed by atoms with Crippen molar-refractivity contribution in [3.05, 3.63) is 70.0 Å². The third-order valence-corrected chi connectivity index (χ3v) is 5.73. The molecule has 3 aromatic heterocycles. The van der Waals surface area contributed by atoms with E-state index in [0.717, 1.165) is 55.2 Å². The quantitative estimate of drug-likeness (QED) is 0.739. The van der Waals surface area contributed by atoms with Crippen LogP contribution in [0.5, 0.6) is 0 Å². The zero-order chi connectivity index (χ0) is 19.6. The van der Waals surface area contributed by atoms with E-state index in [1.165, 1.54) is 18.4 Å². The van der Waals surface area contributed by atoms with E-state index >= 15 is 0 Å². The lowest BCUT2D eigenvalue weighted by molar-refractivity contribution is 0.241. The molecule has 0 radical (unpaired) electrons. The number of H-pyrrole nitrogens is 1. The van der Waals surface area contributed by atoms with E-state index in [0.29, 0.717) is 12.4 Å². The fourth-order valence-corrected chi connectivity index (χ4v) is 4.16. The van der Waals surface area contributed by atoms with E-state index < -0.39 is 0 Å². The van der Waals surface area contributed by atoms with Gasteiger partial charge < -0.3 is 9.88 Å². The Morgan fingerprint density at radius 1 is 1.07 bits per heavy atom. The molecule has 2 aliphatic rings. The topological polar surface area (TPSA) is 78.0 Å². The molecular weight excluding hydrogens is 364 g/mol. The summed E-state index contributed by atoms with van der Waals surface area (Å²) in [6, 6.07) is 8.03. The van der Waals surface area contributed by atoms with Gasteiger partial charge in [-0.25, -0.2) is 9.97 Å². The lowest BCUT2D eigenvalue weighted by Gasteiger charge is -2.27. The van der Waals surface area contributed by atoms with Gasteiger partial charge >= 0.3 is 0 Å². The first-order chi connectivity index (χ1) is 14.3. The number of fused-ring (bicyclic) bond motifs is 1. The number of rotatable bonds is 4. The summed E-state index contributed by atoms with van der Waals surface area (Å²) >= 11 is 0. The second-order valence-corrected chi connectivity index (χ2v) is 7.76. The molecule has 1 saturated heterocycles. The number of aromatic amines is 1. The Balaban J connectivity index is 1.30. The number of hydrogen-bond acceptors (Lipinski definition) is 6. The molecule has 1 N–H and O–H groups in total. The minimum absolute atomic E-state index is 0.0546. The fraction of sp³-hybridized carbons (Fsp3) is 0.364. The number of aromatic nitrogens is 4. The Morgan fingerprint density at radius 3 is 2.72 bits per heavy atom. The third kappa shape index (κ3) is 3.78. The van der Waals surface area contributed by atoms with Gasteiger partial charge in [-0.3, -0.25) is 14.7 Å². The van der Waals surface area contributed by atoms with Crippen LogP contribution in [0.2, 0.25) is 0 Å². The van der Waals surface area contributed by atoms with Crippen molar-refractivity contribution in [1.29, 1.82) is 0 Å². The van der Waals surface area contributed by atoms with Gasteiger partial charge in [-0.2, -0.15) is 0 Å². The highest BCUT2D eigenvalue weighted by Crippen LogP contribution is 2.21. The summed E-state index contributed by atoms with van der Waals surface area (Å²) in [4.78, 5) is 33.7. The average Bonchev–Trinajstić information content (AvgIpc) is 3.30. The molecule has 2 aliphatic heterocycles. The molecule has 0 spiro atoms. The molecule has 0 bridgehead atoms. The molecule has 5 heterocycles. The zero-order valence-corrected chi connectivity index (χ0v) is 16.3. The highest BCUT2D eigenvalue weighted by Gasteiger charge is 2.22. The van der Waals surface area contributed by atoms with E-state index in [-0.39, 0.29) is 5.56 Å². The summed E-state index contributed by atoms with van der Waals surface area (Å²) in [5.74, 6) is 1.66. The molecule has 1 fully saturated rings. The van der Waals surface area contributed by atoms with Crippen molar-refractivity contribution in [1.82, 2.24) is 24.8 Å². The summed E-state index contributed by atoms with van der Waals surface area (Å²) in [5.41, 5.74) is 3.62. The first kappa shape index (κ1) is 18.0. The number of nitrogens with one attached hydrogen (secondary N) is 1. The molecular formula is C22H24N6O. The van der Waals surface area contributed by atoms with E-state index in [1.807, 2.05) is 18.3 Å². The number of anilines is 1. The summed E-state index contributed by atoms with van der Waals surface area (Å²) < 4.78 is 0. The molecule has 0 unspecified atom stereocenters. The molecule has 0 saturated carbocycles. The number of nitrogens with zero attached hydrogens (tertiary/aromatic N) is 5. The molecule has 5 rings (SSSR count). The van der Waals surface area contributed by atoms with Crippen LogP contribution >= 0.6 is 0 Å². The molecule has 3 aromatic rings. The van der Waals surface area contributed by atoms with Crippen LogP contribution in [0, 0.1) is 0 Å². The minimum Gasteiger partial charge on any atom is -0.357 e. The largest absolute Gasteiger partial charge is 0.357 e. The van der Waals surface area contributed by atoms with Gasteiger partial charge in [0, 0.05) is 63.3 Å². The van der Waals surface area contributed by atoms with Crippen LogP contribution in [0.3, 0.4) is 0 Å². The van der Waals surface area contributed by atoms with Crippen molar-refractivity contribution in [3.8, 4) is 11.4 Å². The smallest absolute Gasteiger partial charge is 0.255 e. The standard InChI is InChI=1S/C22H24N6O/c29-22-18-15-27(14-16-5-6-20(24-12-16)28-9-1-2-10-28)11-7-19(18)25-21(26-22)17-4-3-8-23-13-17/h3-6,8,12-13H,1-2,7,9-11,14-15H2,(H,25,26,29). The Bertz CT molecular complexity index is 1040. The molecule has 0 atom stereocenters. The molecule has 0 aromatic carbocycles. The van der Waals surface area contributed by atoms with Gasteiger partial charge in [-0.15, -0.1) is 0 Å². The van der Waals surface area contributed by atoms with Crippen molar-refractivity contribution >= 4 is 5.82 Å². The molecule has 0 aliphatic carbocycles. The summed E-state index contributed by atoms with van der Waals surface area (Å²) in [7, 11) is 0. The van der Waals surface area contributed by atoms with Gasteiger partial charge in [0.25, 0.3) is 5.56 Å². The van der Waals surface area contributed by atoms with Crippen molar-refractivity contribution in [2.45, 2.75) is 32.4 Å². The van der Waals surface area contributed by atoms with Gasteiger partial charge in [-0.1, -0.05) is 6.07 Å². The van der Waals surface area contributed by atoms with E-state index in [9.17, 15) is 4.79 Å². The minimum atomic E-state index is -0.0546. The molecule has 29 heavy (non-hydrogen) atoms. The average molecular weight is 388 g/mol. The SMILES string of the molecule is O=c1[nH]c(-c2cccnc2)nc2c1CN(Cc1ccc(N3CCCC3)nc1)CC2. The fourth-order valence-electron chi connectivity index (χ4n) is 4.16. The van der Waals surface area contributed by atoms with Crippen molar-refractivity contribution < 1.29 is 0 Å². The maximum atomic E-state index is 12.7. The second kappa shape index (κ2) is 7.75. The van der Waals surface area contributed by atoms with Gasteiger partial charge in [0.1, 0.15) is 11.6 Å².